The fourth-order valence-electron chi connectivity index (χ4n) is 20.8. The summed E-state index contributed by atoms with van der Waals surface area (Å²) >= 11 is 0. The molecule has 4 aliphatic rings. The molecule has 0 amide bonds. The van der Waals surface area contributed by atoms with Crippen LogP contribution in [0.5, 0.6) is 23.0 Å². The second-order valence-electron chi connectivity index (χ2n) is 32.3. The van der Waals surface area contributed by atoms with Gasteiger partial charge in [0.2, 0.25) is 0 Å². The number of para-hydroxylation sites is 5. The SMILES string of the molecule is [C-]#[N+]c1ccc2c(c1)c1ccccc1n2-c1ccc(-c2ccc3c(c2)nc(-c2ccccc2)c2ccc4c(c23)-c2ccccc2C42c3ccccc3Oc3ccccc32)cc1.c1ccc(-c2nc3ccc(-c4ccc5c(c4)nc(-c4ccccc4)c4ccc6c(c45)-c4ccccc4C64c5ccccc5Oc5ccccc54)cc3nc2-c2ccccc2)cc1. The van der Waals surface area contributed by atoms with Gasteiger partial charge in [-0.2, -0.15) is 0 Å². The topological polar surface area (TPSA) is 79.3 Å². The van der Waals surface area contributed by atoms with E-state index in [0.29, 0.717) is 5.69 Å². The van der Waals surface area contributed by atoms with Crippen LogP contribution in [0.3, 0.4) is 0 Å². The largest absolute Gasteiger partial charge is 0.457 e. The molecule has 2 aliphatic heterocycles. The highest BCUT2D eigenvalue weighted by molar-refractivity contribution is 6.22. The Kier molecular flexibility index (Phi) is 15.5. The zero-order valence-corrected chi connectivity index (χ0v) is 66.3. The summed E-state index contributed by atoms with van der Waals surface area (Å²) in [6.45, 7) is 7.61. The number of nitrogens with zero attached hydrogens (tertiary/aromatic N) is 6. The number of pyridine rings is 2. The standard InChI is InChI=1S/C58H35N3O.C57H33N3O/c1-4-16-36(17-5-1)55-43-31-32-47-54(41-22-10-11-23-44(41)58(47)45-24-12-14-26-51(45)62-52-27-15-13-25-46(52)58)53(43)42-30-28-39(34-49(42)60-55)40-29-33-48-50(35-40)61-57(38-20-8-3-9-21-38)56(59-48)37-18-6-2-7-19-37;1-58-38-26-32-51-44(34-38)40-15-6-10-20-50(40)60(51)39-27-23-35(24-28-39)37-25-29-42-49(33-37)59-56(36-13-3-2-4-14-36)43-30-31-48-55(54(42)43)41-16-5-7-17-45(41)57(48)46-18-8-11-21-52(46)61-53-22-12-9-19-47(53)57/h1-35H;2-34H. The molecule has 4 aromatic heterocycles. The first-order valence-corrected chi connectivity index (χ1v) is 41.8. The Morgan fingerprint density at radius 1 is 0.236 bits per heavy atom. The van der Waals surface area contributed by atoms with E-state index in [1.54, 1.807) is 0 Å². The predicted molar refractivity (Wildman–Crippen MR) is 500 cm³/mol. The Hall–Kier alpha value is -16.5. The summed E-state index contributed by atoms with van der Waals surface area (Å²) in [4.78, 5) is 25.3. The van der Waals surface area contributed by atoms with Gasteiger partial charge in [-0.15, -0.1) is 0 Å². The molecule has 8 nitrogen and oxygen atoms in total. The lowest BCUT2D eigenvalue weighted by Crippen LogP contribution is -2.32. The van der Waals surface area contributed by atoms with Crippen molar-refractivity contribution >= 4 is 81.9 Å². The summed E-state index contributed by atoms with van der Waals surface area (Å²) in [6, 6.07) is 147. The molecule has 0 saturated carbocycles. The van der Waals surface area contributed by atoms with Gasteiger partial charge in [-0.1, -0.05) is 334 Å². The fourth-order valence-corrected chi connectivity index (χ4v) is 20.8. The summed E-state index contributed by atoms with van der Waals surface area (Å²) in [7, 11) is 0. The highest BCUT2D eigenvalue weighted by Crippen LogP contribution is 2.66. The molecule has 26 rings (SSSR count). The van der Waals surface area contributed by atoms with Gasteiger partial charge in [0.25, 0.3) is 0 Å². The van der Waals surface area contributed by atoms with Crippen molar-refractivity contribution in [2.45, 2.75) is 10.8 Å². The van der Waals surface area contributed by atoms with Crippen LogP contribution in [-0.2, 0) is 10.8 Å². The van der Waals surface area contributed by atoms with Crippen molar-refractivity contribution in [1.82, 2.24) is 24.5 Å². The third kappa shape index (κ3) is 10.4. The molecule has 570 valence electrons. The highest BCUT2D eigenvalue weighted by Gasteiger charge is 2.53. The minimum absolute atomic E-state index is 0.564. The Morgan fingerprint density at radius 3 is 1.07 bits per heavy atom. The number of ether oxygens (including phenoxy) is 2. The molecule has 2 aliphatic carbocycles. The number of rotatable bonds is 7. The molecule has 22 aromatic rings. The van der Waals surface area contributed by atoms with Crippen LogP contribution in [0.4, 0.5) is 5.69 Å². The van der Waals surface area contributed by atoms with Gasteiger partial charge in [-0.05, 0) is 151 Å². The van der Waals surface area contributed by atoms with Gasteiger partial charge in [-0.25, -0.2) is 24.8 Å². The summed E-state index contributed by atoms with van der Waals surface area (Å²) in [5.41, 5.74) is 33.2. The fraction of sp³-hybridized carbons (Fsp3) is 0.0174. The van der Waals surface area contributed by atoms with E-state index >= 15 is 0 Å². The summed E-state index contributed by atoms with van der Waals surface area (Å²) in [5.74, 6) is 3.54. The van der Waals surface area contributed by atoms with Gasteiger partial charge < -0.3 is 14.0 Å². The summed E-state index contributed by atoms with van der Waals surface area (Å²) in [6.07, 6.45) is 0. The van der Waals surface area contributed by atoms with Crippen LogP contribution >= 0.6 is 0 Å². The molecule has 0 unspecified atom stereocenters. The second-order valence-corrected chi connectivity index (χ2v) is 32.3. The van der Waals surface area contributed by atoms with Crippen LogP contribution in [0.2, 0.25) is 0 Å². The van der Waals surface area contributed by atoms with Gasteiger partial charge in [0.15, 0.2) is 5.69 Å². The average Bonchev–Trinajstić information content (AvgIpc) is 1.52. The van der Waals surface area contributed by atoms with Crippen LogP contribution < -0.4 is 9.47 Å². The maximum absolute atomic E-state index is 7.61. The predicted octanol–water partition coefficient (Wildman–Crippen LogP) is 29.3. The molecule has 2 spiro atoms. The van der Waals surface area contributed by atoms with Gasteiger partial charge in [-0.3, -0.25) is 0 Å². The average molecular weight is 1570 g/mol. The molecule has 0 atom stereocenters. The van der Waals surface area contributed by atoms with Crippen molar-refractivity contribution in [2.24, 2.45) is 0 Å². The molecular formula is C115H68N6O2. The van der Waals surface area contributed by atoms with Crippen molar-refractivity contribution in [2.75, 3.05) is 0 Å². The van der Waals surface area contributed by atoms with Crippen molar-refractivity contribution in [3.63, 3.8) is 0 Å². The van der Waals surface area contributed by atoms with E-state index < -0.39 is 10.8 Å². The van der Waals surface area contributed by atoms with Crippen LogP contribution in [-0.4, -0.2) is 24.5 Å². The third-order valence-corrected chi connectivity index (χ3v) is 26.0. The van der Waals surface area contributed by atoms with Crippen LogP contribution in [0.1, 0.15) is 44.5 Å². The first-order chi connectivity index (χ1) is 60.9. The van der Waals surface area contributed by atoms with Gasteiger partial charge in [0, 0.05) is 87.9 Å². The first kappa shape index (κ1) is 69.6. The molecule has 6 heterocycles. The lowest BCUT2D eigenvalue weighted by atomic mass is 9.66. The normalized spacial score (nSPS) is 13.1. The van der Waals surface area contributed by atoms with Gasteiger partial charge in [0.1, 0.15) is 23.0 Å². The number of hydrogen-bond acceptors (Lipinski definition) is 6. The zero-order valence-electron chi connectivity index (χ0n) is 66.3. The maximum Gasteiger partial charge on any atom is 0.188 e. The van der Waals surface area contributed by atoms with Crippen LogP contribution in [0.15, 0.2) is 413 Å². The van der Waals surface area contributed by atoms with E-state index in [0.717, 1.165) is 184 Å². The second kappa shape index (κ2) is 27.3. The summed E-state index contributed by atoms with van der Waals surface area (Å²) in [5, 5.41) is 9.12. The first-order valence-electron chi connectivity index (χ1n) is 41.8. The smallest absolute Gasteiger partial charge is 0.188 e. The molecule has 123 heavy (non-hydrogen) atoms. The molecule has 0 radical (unpaired) electrons. The lowest BCUT2D eigenvalue weighted by Gasteiger charge is -2.39. The van der Waals surface area contributed by atoms with Crippen LogP contribution in [0.25, 0.3) is 176 Å². The van der Waals surface area contributed by atoms with E-state index in [1.807, 2.05) is 36.4 Å². The number of hydrogen-bond donors (Lipinski definition) is 0. The third-order valence-electron chi connectivity index (χ3n) is 26.0. The van der Waals surface area contributed by atoms with E-state index in [9.17, 15) is 0 Å². The van der Waals surface area contributed by atoms with Gasteiger partial charge >= 0.3 is 0 Å². The highest BCUT2D eigenvalue weighted by atomic mass is 16.5. The summed E-state index contributed by atoms with van der Waals surface area (Å²) < 4.78 is 15.6. The van der Waals surface area contributed by atoms with Crippen molar-refractivity contribution in [3.05, 3.63) is 468 Å². The van der Waals surface area contributed by atoms with E-state index in [1.165, 1.54) is 55.3 Å². The Morgan fingerprint density at radius 2 is 0.593 bits per heavy atom. The lowest BCUT2D eigenvalue weighted by molar-refractivity contribution is 0.436. The van der Waals surface area contributed by atoms with Crippen molar-refractivity contribution in [1.29, 1.82) is 0 Å². The Labute approximate surface area is 708 Å². The Bertz CT molecular complexity index is 8170. The van der Waals surface area contributed by atoms with E-state index in [-0.39, 0.29) is 0 Å². The molecule has 8 heteroatoms. The van der Waals surface area contributed by atoms with Crippen molar-refractivity contribution in [3.8, 4) is 118 Å². The van der Waals surface area contributed by atoms with E-state index in [2.05, 4.69) is 386 Å². The van der Waals surface area contributed by atoms with E-state index in [4.69, 9.17) is 36.0 Å². The molecule has 18 aromatic carbocycles. The molecular weight excluding hydrogens is 1500 g/mol. The molecule has 0 fully saturated rings. The zero-order chi connectivity index (χ0) is 81.0. The number of benzene rings is 18. The number of aromatic nitrogens is 5. The minimum Gasteiger partial charge on any atom is -0.457 e. The minimum atomic E-state index is -0.570. The van der Waals surface area contributed by atoms with Gasteiger partial charge in [0.05, 0.1) is 73.3 Å². The maximum atomic E-state index is 7.61. The molecule has 0 saturated heterocycles. The Balaban J connectivity index is 0.000000135. The monoisotopic (exact) mass is 1560 g/mol. The van der Waals surface area contributed by atoms with Crippen LogP contribution in [0, 0.1) is 6.57 Å². The molecule has 0 N–H and O–H groups in total. The quantitative estimate of drug-likeness (QED) is 0.117. The van der Waals surface area contributed by atoms with Crippen molar-refractivity contribution < 1.29 is 9.47 Å². The number of fused-ring (bicyclic) bond motifs is 30. The molecule has 0 bridgehead atoms.